The number of benzene rings is 2. The van der Waals surface area contributed by atoms with Crippen molar-refractivity contribution in [2.45, 2.75) is 12.8 Å². The molecule has 7 nitrogen and oxygen atoms in total. The number of rotatable bonds is 7. The van der Waals surface area contributed by atoms with E-state index in [0.29, 0.717) is 27.1 Å². The number of anilines is 1. The number of carbonyl (C=O) groups excluding carboxylic acids is 2. The van der Waals surface area contributed by atoms with E-state index >= 15 is 0 Å². The Morgan fingerprint density at radius 1 is 1.14 bits per heavy atom. The van der Waals surface area contributed by atoms with Crippen molar-refractivity contribution < 1.29 is 14.7 Å². The number of hydrazine groups is 1. The molecule has 2 aromatic carbocycles. The lowest BCUT2D eigenvalue weighted by Gasteiger charge is -2.11. The highest BCUT2D eigenvalue weighted by atomic mass is 35.5. The zero-order valence-corrected chi connectivity index (χ0v) is 16.7. The Balaban J connectivity index is 1.68. The second-order valence-electron chi connectivity index (χ2n) is 6.20. The summed E-state index contributed by atoms with van der Waals surface area (Å²) in [6, 6.07) is 13.8. The van der Waals surface area contributed by atoms with Crippen LogP contribution in [-0.2, 0) is 9.59 Å². The fourth-order valence-electron chi connectivity index (χ4n) is 2.69. The third kappa shape index (κ3) is 5.49. The van der Waals surface area contributed by atoms with E-state index in [4.69, 9.17) is 23.2 Å². The quantitative estimate of drug-likeness (QED) is 0.393. The number of aliphatic hydroxyl groups is 1. The third-order valence-corrected chi connectivity index (χ3v) is 4.65. The molecule has 1 heterocycles. The Labute approximate surface area is 177 Å². The molecule has 0 aliphatic carbocycles. The van der Waals surface area contributed by atoms with Crippen LogP contribution in [0.3, 0.4) is 0 Å². The van der Waals surface area contributed by atoms with Crippen LogP contribution in [0, 0.1) is 0 Å². The summed E-state index contributed by atoms with van der Waals surface area (Å²) < 4.78 is 0. The minimum absolute atomic E-state index is 0.0357. The Kier molecular flexibility index (Phi) is 6.74. The fraction of sp³-hybridized carbons (Fsp3) is 0.150. The number of aliphatic imine (C=N–C) groups is 1. The second-order valence-corrected chi connectivity index (χ2v) is 7.04. The standard InChI is InChI=1S/C20H18Cl2N4O3/c21-12-6-7-15(14(22)10-12)25-26-18(28)9-8-16(19-17(27)11-23-20(19)29)24-13-4-2-1-3-5-13/h1-7,10,25,27H,8-9,11H2,(H,23,29)(H,26,28). The first kappa shape index (κ1) is 20.7. The average molecular weight is 433 g/mol. The van der Waals surface area contributed by atoms with Gasteiger partial charge in [-0.3, -0.25) is 25.4 Å². The molecule has 2 aromatic rings. The predicted molar refractivity (Wildman–Crippen MR) is 114 cm³/mol. The smallest absolute Gasteiger partial charge is 0.257 e. The van der Waals surface area contributed by atoms with Gasteiger partial charge in [0.2, 0.25) is 5.91 Å². The number of halogens is 2. The number of aliphatic hydroxyl groups excluding tert-OH is 1. The van der Waals surface area contributed by atoms with Crippen LogP contribution in [0.15, 0.2) is 64.9 Å². The van der Waals surface area contributed by atoms with Gasteiger partial charge in [0.1, 0.15) is 11.3 Å². The van der Waals surface area contributed by atoms with Crippen molar-refractivity contribution in [3.8, 4) is 0 Å². The van der Waals surface area contributed by atoms with E-state index in [-0.39, 0.29) is 36.6 Å². The topological polar surface area (TPSA) is 103 Å². The van der Waals surface area contributed by atoms with Crippen molar-refractivity contribution in [3.63, 3.8) is 0 Å². The second kappa shape index (κ2) is 9.45. The summed E-state index contributed by atoms with van der Waals surface area (Å²) in [5.41, 5.74) is 6.83. The molecule has 0 radical (unpaired) electrons. The van der Waals surface area contributed by atoms with Gasteiger partial charge >= 0.3 is 0 Å². The number of nitrogens with one attached hydrogen (secondary N) is 3. The molecule has 150 valence electrons. The van der Waals surface area contributed by atoms with Crippen LogP contribution >= 0.6 is 23.2 Å². The summed E-state index contributed by atoms with van der Waals surface area (Å²) in [5, 5.41) is 13.4. The molecule has 29 heavy (non-hydrogen) atoms. The van der Waals surface area contributed by atoms with Gasteiger partial charge in [0, 0.05) is 11.4 Å². The fourth-order valence-corrected chi connectivity index (χ4v) is 3.14. The molecule has 4 N–H and O–H groups in total. The summed E-state index contributed by atoms with van der Waals surface area (Å²) in [5.74, 6) is -0.838. The van der Waals surface area contributed by atoms with Gasteiger partial charge in [-0.1, -0.05) is 41.4 Å². The van der Waals surface area contributed by atoms with E-state index in [1.54, 1.807) is 30.3 Å². The molecule has 0 atom stereocenters. The van der Waals surface area contributed by atoms with Crippen molar-refractivity contribution in [2.75, 3.05) is 12.0 Å². The van der Waals surface area contributed by atoms with Crippen LogP contribution in [0.1, 0.15) is 12.8 Å². The van der Waals surface area contributed by atoms with Gasteiger partial charge in [-0.05, 0) is 36.8 Å². The lowest BCUT2D eigenvalue weighted by molar-refractivity contribution is -0.120. The number of hydrogen-bond donors (Lipinski definition) is 4. The van der Waals surface area contributed by atoms with Gasteiger partial charge in [0.25, 0.3) is 5.91 Å². The van der Waals surface area contributed by atoms with Crippen LogP contribution in [0.25, 0.3) is 0 Å². The van der Waals surface area contributed by atoms with Crippen LogP contribution in [0.2, 0.25) is 10.0 Å². The van der Waals surface area contributed by atoms with Crippen molar-refractivity contribution >= 4 is 52.1 Å². The number of hydrogen-bond acceptors (Lipinski definition) is 5. The summed E-state index contributed by atoms with van der Waals surface area (Å²) in [4.78, 5) is 28.8. The molecule has 0 fully saturated rings. The number of para-hydroxylation sites is 1. The van der Waals surface area contributed by atoms with Gasteiger partial charge < -0.3 is 10.4 Å². The third-order valence-electron chi connectivity index (χ3n) is 4.10. The molecule has 1 aliphatic rings. The van der Waals surface area contributed by atoms with E-state index < -0.39 is 5.91 Å². The van der Waals surface area contributed by atoms with E-state index in [2.05, 4.69) is 21.2 Å². The monoisotopic (exact) mass is 432 g/mol. The maximum absolute atomic E-state index is 12.3. The summed E-state index contributed by atoms with van der Waals surface area (Å²) in [6.07, 6.45) is 0.192. The SMILES string of the molecule is O=C(CCC(=Nc1ccccc1)C1=C(O)CNC1=O)NNc1ccc(Cl)cc1Cl. The van der Waals surface area contributed by atoms with E-state index in [1.807, 2.05) is 18.2 Å². The zero-order valence-electron chi connectivity index (χ0n) is 15.2. The van der Waals surface area contributed by atoms with E-state index in [9.17, 15) is 14.7 Å². The highest BCUT2D eigenvalue weighted by Gasteiger charge is 2.27. The van der Waals surface area contributed by atoms with Crippen molar-refractivity contribution in [2.24, 2.45) is 4.99 Å². The number of carbonyl (C=O) groups is 2. The van der Waals surface area contributed by atoms with Crippen LogP contribution in [-0.4, -0.2) is 29.2 Å². The van der Waals surface area contributed by atoms with Crippen molar-refractivity contribution in [1.29, 1.82) is 0 Å². The molecule has 1 aliphatic heterocycles. The Morgan fingerprint density at radius 2 is 1.90 bits per heavy atom. The Morgan fingerprint density at radius 3 is 2.55 bits per heavy atom. The van der Waals surface area contributed by atoms with Crippen LogP contribution in [0.4, 0.5) is 11.4 Å². The molecule has 3 rings (SSSR count). The Bertz CT molecular complexity index is 990. The van der Waals surface area contributed by atoms with Gasteiger partial charge in [-0.2, -0.15) is 0 Å². The molecule has 0 aromatic heterocycles. The molecule has 0 spiro atoms. The summed E-state index contributed by atoms with van der Waals surface area (Å²) in [7, 11) is 0. The molecule has 9 heteroatoms. The first-order chi connectivity index (χ1) is 13.9. The van der Waals surface area contributed by atoms with Crippen LogP contribution < -0.4 is 16.2 Å². The van der Waals surface area contributed by atoms with Gasteiger partial charge in [-0.15, -0.1) is 0 Å². The van der Waals surface area contributed by atoms with Crippen LogP contribution in [0.5, 0.6) is 0 Å². The minimum Gasteiger partial charge on any atom is -0.510 e. The van der Waals surface area contributed by atoms with Gasteiger partial charge in [0.05, 0.1) is 28.7 Å². The van der Waals surface area contributed by atoms with Crippen molar-refractivity contribution in [1.82, 2.24) is 10.7 Å². The van der Waals surface area contributed by atoms with E-state index in [0.717, 1.165) is 0 Å². The Hall–Kier alpha value is -3.03. The zero-order chi connectivity index (χ0) is 20.8. The molecule has 2 amide bonds. The highest BCUT2D eigenvalue weighted by Crippen LogP contribution is 2.24. The number of nitrogens with zero attached hydrogens (tertiary/aromatic N) is 1. The molecule has 0 bridgehead atoms. The average Bonchev–Trinajstić information content (AvgIpc) is 3.03. The minimum atomic E-state index is -0.413. The predicted octanol–water partition coefficient (Wildman–Crippen LogP) is 3.93. The lowest BCUT2D eigenvalue weighted by Crippen LogP contribution is -2.30. The molecule has 0 saturated carbocycles. The molecular weight excluding hydrogens is 415 g/mol. The van der Waals surface area contributed by atoms with Crippen molar-refractivity contribution in [3.05, 3.63) is 69.9 Å². The molecule has 0 unspecified atom stereocenters. The van der Waals surface area contributed by atoms with Gasteiger partial charge in [0.15, 0.2) is 0 Å². The van der Waals surface area contributed by atoms with E-state index in [1.165, 1.54) is 0 Å². The first-order valence-corrected chi connectivity index (χ1v) is 9.53. The molecular formula is C20H18Cl2N4O3. The molecule has 0 saturated heterocycles. The maximum Gasteiger partial charge on any atom is 0.257 e. The normalized spacial score (nSPS) is 14.0. The highest BCUT2D eigenvalue weighted by molar-refractivity contribution is 6.36. The largest absolute Gasteiger partial charge is 0.510 e. The van der Waals surface area contributed by atoms with Gasteiger partial charge in [-0.25, -0.2) is 0 Å². The summed E-state index contributed by atoms with van der Waals surface area (Å²) >= 11 is 11.9. The number of amides is 2. The maximum atomic E-state index is 12.3. The lowest BCUT2D eigenvalue weighted by atomic mass is 10.0. The summed E-state index contributed by atoms with van der Waals surface area (Å²) in [6.45, 7) is 0.0464. The first-order valence-electron chi connectivity index (χ1n) is 8.77.